The fourth-order valence-corrected chi connectivity index (χ4v) is 4.73. The summed E-state index contributed by atoms with van der Waals surface area (Å²) in [6.07, 6.45) is 2.50. The van der Waals surface area contributed by atoms with Gasteiger partial charge in [-0.1, -0.05) is 17.7 Å². The van der Waals surface area contributed by atoms with Gasteiger partial charge in [0.25, 0.3) is 0 Å². The Labute approximate surface area is 130 Å². The number of nitrogens with zero attached hydrogens (tertiary/aromatic N) is 2. The molecule has 0 amide bonds. The minimum Gasteiger partial charge on any atom is -0.326 e. The Balaban J connectivity index is 1.77. The summed E-state index contributed by atoms with van der Waals surface area (Å²) in [5, 5.41) is 0.252. The number of rotatable bonds is 4. The fourth-order valence-electron chi connectivity index (χ4n) is 2.77. The number of hydrogen-bond donors (Lipinski definition) is 1. The topological polar surface area (TPSA) is 66.6 Å². The normalized spacial score (nSPS) is 21.6. The van der Waals surface area contributed by atoms with Gasteiger partial charge in [-0.2, -0.15) is 4.31 Å². The standard InChI is InChI=1S/C14H20ClN3O2S/c15-13-9-11(10-16)1-4-14(13)21(19,20)18-7-5-17(6-8-18)12-2-3-12/h1,4,9,12H,2-3,5-8,10,16H2. The van der Waals surface area contributed by atoms with E-state index in [1.807, 2.05) is 0 Å². The molecule has 1 saturated heterocycles. The molecule has 7 heteroatoms. The SMILES string of the molecule is NCc1ccc(S(=O)(=O)N2CCN(C3CC3)CC2)c(Cl)c1. The van der Waals surface area contributed by atoms with Gasteiger partial charge >= 0.3 is 0 Å². The summed E-state index contributed by atoms with van der Waals surface area (Å²) >= 11 is 6.13. The molecule has 2 fully saturated rings. The van der Waals surface area contributed by atoms with E-state index in [2.05, 4.69) is 4.90 Å². The summed E-state index contributed by atoms with van der Waals surface area (Å²) < 4.78 is 26.9. The van der Waals surface area contributed by atoms with Gasteiger partial charge in [0.15, 0.2) is 0 Å². The lowest BCUT2D eigenvalue weighted by Gasteiger charge is -2.34. The van der Waals surface area contributed by atoms with E-state index in [4.69, 9.17) is 17.3 Å². The van der Waals surface area contributed by atoms with Crippen molar-refractivity contribution in [2.24, 2.45) is 5.73 Å². The van der Waals surface area contributed by atoms with Crippen LogP contribution in [0.1, 0.15) is 18.4 Å². The van der Waals surface area contributed by atoms with E-state index in [-0.39, 0.29) is 9.92 Å². The molecule has 0 unspecified atom stereocenters. The molecule has 1 aromatic carbocycles. The highest BCUT2D eigenvalue weighted by Crippen LogP contribution is 2.30. The van der Waals surface area contributed by atoms with Crippen LogP contribution in [0.3, 0.4) is 0 Å². The molecule has 1 saturated carbocycles. The maximum Gasteiger partial charge on any atom is 0.244 e. The van der Waals surface area contributed by atoms with E-state index in [0.29, 0.717) is 25.7 Å². The molecule has 1 aromatic rings. The molecule has 2 N–H and O–H groups in total. The van der Waals surface area contributed by atoms with Gasteiger partial charge < -0.3 is 5.73 Å². The van der Waals surface area contributed by atoms with Crippen molar-refractivity contribution in [2.75, 3.05) is 26.2 Å². The van der Waals surface area contributed by atoms with Crippen LogP contribution in [0.15, 0.2) is 23.1 Å². The number of benzene rings is 1. The smallest absolute Gasteiger partial charge is 0.244 e. The number of sulfonamides is 1. The van der Waals surface area contributed by atoms with Crippen molar-refractivity contribution < 1.29 is 8.42 Å². The van der Waals surface area contributed by atoms with E-state index in [1.54, 1.807) is 18.2 Å². The van der Waals surface area contributed by atoms with E-state index in [1.165, 1.54) is 17.1 Å². The van der Waals surface area contributed by atoms with Crippen molar-refractivity contribution in [3.63, 3.8) is 0 Å². The third-order valence-electron chi connectivity index (χ3n) is 4.19. The van der Waals surface area contributed by atoms with E-state index < -0.39 is 10.0 Å². The third kappa shape index (κ3) is 3.10. The summed E-state index contributed by atoms with van der Waals surface area (Å²) in [5.41, 5.74) is 6.38. The molecule has 0 atom stereocenters. The number of nitrogens with two attached hydrogens (primary N) is 1. The zero-order valence-corrected chi connectivity index (χ0v) is 13.4. The van der Waals surface area contributed by atoms with Crippen LogP contribution in [0, 0.1) is 0 Å². The fraction of sp³-hybridized carbons (Fsp3) is 0.571. The first-order valence-corrected chi connectivity index (χ1v) is 9.07. The van der Waals surface area contributed by atoms with Crippen molar-refractivity contribution in [3.8, 4) is 0 Å². The van der Waals surface area contributed by atoms with Crippen molar-refractivity contribution in [1.29, 1.82) is 0 Å². The van der Waals surface area contributed by atoms with Crippen molar-refractivity contribution in [1.82, 2.24) is 9.21 Å². The molecule has 3 rings (SSSR count). The Kier molecular flexibility index (Phi) is 4.25. The summed E-state index contributed by atoms with van der Waals surface area (Å²) in [5.74, 6) is 0. The molecule has 0 radical (unpaired) electrons. The van der Waals surface area contributed by atoms with Gasteiger partial charge in [-0.15, -0.1) is 0 Å². The van der Waals surface area contributed by atoms with Crippen LogP contribution >= 0.6 is 11.6 Å². The first-order valence-electron chi connectivity index (χ1n) is 7.25. The average Bonchev–Trinajstić information content (AvgIpc) is 3.31. The Morgan fingerprint density at radius 2 is 1.86 bits per heavy atom. The first kappa shape index (κ1) is 15.2. The molecule has 21 heavy (non-hydrogen) atoms. The molecular weight excluding hydrogens is 310 g/mol. The molecule has 1 aliphatic carbocycles. The molecule has 0 bridgehead atoms. The maximum atomic E-state index is 12.7. The quantitative estimate of drug-likeness (QED) is 0.903. The summed E-state index contributed by atoms with van der Waals surface area (Å²) in [7, 11) is -3.51. The molecule has 116 valence electrons. The lowest BCUT2D eigenvalue weighted by atomic mass is 10.2. The van der Waals surface area contributed by atoms with Crippen LogP contribution in [-0.4, -0.2) is 49.8 Å². The Hall–Kier alpha value is -0.660. The van der Waals surface area contributed by atoms with E-state index >= 15 is 0 Å². The summed E-state index contributed by atoms with van der Waals surface area (Å²) in [4.78, 5) is 2.56. The molecule has 0 aromatic heterocycles. The second-order valence-electron chi connectivity index (χ2n) is 5.64. The molecule has 1 heterocycles. The van der Waals surface area contributed by atoms with Gasteiger partial charge in [-0.3, -0.25) is 4.90 Å². The van der Waals surface area contributed by atoms with E-state index in [0.717, 1.165) is 18.7 Å². The minimum absolute atomic E-state index is 0.182. The highest BCUT2D eigenvalue weighted by atomic mass is 35.5. The Morgan fingerprint density at radius 1 is 1.19 bits per heavy atom. The molecule has 1 aliphatic heterocycles. The summed E-state index contributed by atoms with van der Waals surface area (Å²) in [6.45, 7) is 3.03. The van der Waals surface area contributed by atoms with Crippen LogP contribution in [0.25, 0.3) is 0 Å². The lowest BCUT2D eigenvalue weighted by molar-refractivity contribution is 0.180. The van der Waals surface area contributed by atoms with Crippen LogP contribution in [0.5, 0.6) is 0 Å². The lowest BCUT2D eigenvalue weighted by Crippen LogP contribution is -2.49. The highest BCUT2D eigenvalue weighted by Gasteiger charge is 2.35. The Morgan fingerprint density at radius 3 is 2.38 bits per heavy atom. The first-order chi connectivity index (χ1) is 10.0. The second kappa shape index (κ2) is 5.85. The van der Waals surface area contributed by atoms with Gasteiger partial charge in [0.1, 0.15) is 4.90 Å². The van der Waals surface area contributed by atoms with Crippen molar-refractivity contribution >= 4 is 21.6 Å². The maximum absolute atomic E-state index is 12.7. The van der Waals surface area contributed by atoms with Crippen LogP contribution in [0.2, 0.25) is 5.02 Å². The van der Waals surface area contributed by atoms with Gasteiger partial charge in [0, 0.05) is 38.8 Å². The largest absolute Gasteiger partial charge is 0.326 e. The minimum atomic E-state index is -3.51. The van der Waals surface area contributed by atoms with E-state index in [9.17, 15) is 8.42 Å². The molecule has 2 aliphatic rings. The number of piperazine rings is 1. The average molecular weight is 330 g/mol. The van der Waals surface area contributed by atoms with Gasteiger partial charge in [-0.05, 0) is 30.5 Å². The molecule has 0 spiro atoms. The monoisotopic (exact) mass is 329 g/mol. The van der Waals surface area contributed by atoms with Crippen molar-refractivity contribution in [3.05, 3.63) is 28.8 Å². The molecule has 5 nitrogen and oxygen atoms in total. The third-order valence-corrected chi connectivity index (χ3v) is 6.57. The highest BCUT2D eigenvalue weighted by molar-refractivity contribution is 7.89. The van der Waals surface area contributed by atoms with Gasteiger partial charge in [0.2, 0.25) is 10.0 Å². The van der Waals surface area contributed by atoms with Crippen LogP contribution < -0.4 is 5.73 Å². The second-order valence-corrected chi connectivity index (χ2v) is 7.95. The zero-order valence-electron chi connectivity index (χ0n) is 11.8. The number of hydrogen-bond acceptors (Lipinski definition) is 4. The van der Waals surface area contributed by atoms with Crippen LogP contribution in [-0.2, 0) is 16.6 Å². The van der Waals surface area contributed by atoms with Crippen molar-refractivity contribution in [2.45, 2.75) is 30.3 Å². The molecular formula is C14H20ClN3O2S. The van der Waals surface area contributed by atoms with Gasteiger partial charge in [0.05, 0.1) is 5.02 Å². The zero-order chi connectivity index (χ0) is 15.0. The number of halogens is 1. The predicted molar refractivity (Wildman–Crippen MR) is 82.7 cm³/mol. The predicted octanol–water partition coefficient (Wildman–Crippen LogP) is 1.27. The van der Waals surface area contributed by atoms with Crippen LogP contribution in [0.4, 0.5) is 0 Å². The summed E-state index contributed by atoms with van der Waals surface area (Å²) in [6, 6.07) is 5.60. The Bertz CT molecular complexity index is 623. The van der Waals surface area contributed by atoms with Gasteiger partial charge in [-0.25, -0.2) is 8.42 Å².